The molecule has 0 atom stereocenters. The Hall–Kier alpha value is -0.0800. The van der Waals surface area contributed by atoms with Gasteiger partial charge in [-0.1, -0.05) is 13.8 Å². The van der Waals surface area contributed by atoms with Crippen molar-refractivity contribution in [2.75, 3.05) is 6.73 Å². The topological polar surface area (TPSA) is 35.2 Å². The molecule has 0 radical (unpaired) electrons. The number of rotatable bonds is 4. The van der Waals surface area contributed by atoms with Crippen LogP contribution >= 0.6 is 0 Å². The van der Waals surface area contributed by atoms with Crippen LogP contribution in [0.3, 0.4) is 0 Å². The summed E-state index contributed by atoms with van der Waals surface area (Å²) in [5.41, 5.74) is 5.16. The second kappa shape index (κ2) is 5.06. The molecule has 0 heterocycles. The van der Waals surface area contributed by atoms with Gasteiger partial charge in [-0.15, -0.1) is 0 Å². The van der Waals surface area contributed by atoms with E-state index in [1.54, 1.807) is 0 Å². The Balaban J connectivity index is 3.07. The van der Waals surface area contributed by atoms with E-state index in [-0.39, 0.29) is 0 Å². The molecule has 0 amide bonds. The normalized spacial score (nSPS) is 10.5. The van der Waals surface area contributed by atoms with Crippen LogP contribution in [0.15, 0.2) is 0 Å². The van der Waals surface area contributed by atoms with Crippen LogP contribution < -0.4 is 5.73 Å². The third-order valence-corrected chi connectivity index (χ3v) is 1.24. The maximum atomic E-state index is 5.16. The fourth-order valence-electron chi connectivity index (χ4n) is 0.660. The molecule has 0 spiro atoms. The summed E-state index contributed by atoms with van der Waals surface area (Å²) in [5, 5.41) is 0. The summed E-state index contributed by atoms with van der Waals surface area (Å²) in [6, 6.07) is 0. The van der Waals surface area contributed by atoms with E-state index >= 15 is 0 Å². The molecule has 0 aromatic rings. The molecule has 0 aliphatic rings. The summed E-state index contributed by atoms with van der Waals surface area (Å²) in [7, 11) is 0. The summed E-state index contributed by atoms with van der Waals surface area (Å²) in [6.07, 6.45) is 2.50. The molecule has 50 valence electrons. The van der Waals surface area contributed by atoms with Crippen molar-refractivity contribution in [3.05, 3.63) is 0 Å². The van der Waals surface area contributed by atoms with E-state index in [2.05, 4.69) is 13.8 Å². The van der Waals surface area contributed by atoms with Gasteiger partial charge in [0.15, 0.2) is 0 Å². The van der Waals surface area contributed by atoms with Crippen LogP contribution in [0.2, 0.25) is 0 Å². The fraction of sp³-hybridized carbons (Fsp3) is 1.00. The number of ether oxygens (including phenoxy) is 1. The van der Waals surface area contributed by atoms with Crippen molar-refractivity contribution < 1.29 is 4.74 Å². The van der Waals surface area contributed by atoms with E-state index in [0.717, 1.165) is 12.8 Å². The Morgan fingerprint density at radius 3 is 2.00 bits per heavy atom. The predicted molar refractivity (Wildman–Crippen MR) is 34.5 cm³/mol. The van der Waals surface area contributed by atoms with E-state index in [9.17, 15) is 0 Å². The summed E-state index contributed by atoms with van der Waals surface area (Å²) in [6.45, 7) is 4.56. The van der Waals surface area contributed by atoms with Crippen molar-refractivity contribution in [3.63, 3.8) is 0 Å². The standard InChI is InChI=1S/C6H15NO/c1-3-6(4-2)8-5-7/h6H,3-5,7H2,1-2H3. The molecule has 2 N–H and O–H groups in total. The summed E-state index contributed by atoms with van der Waals surface area (Å²) < 4.78 is 5.12. The molecule has 0 aromatic heterocycles. The van der Waals surface area contributed by atoms with Gasteiger partial charge >= 0.3 is 0 Å². The van der Waals surface area contributed by atoms with Gasteiger partial charge in [-0.3, -0.25) is 0 Å². The number of hydrogen-bond acceptors (Lipinski definition) is 2. The average Bonchev–Trinajstić information content (AvgIpc) is 1.83. The van der Waals surface area contributed by atoms with Crippen LogP contribution in [0.25, 0.3) is 0 Å². The minimum absolute atomic E-state index is 0.354. The second-order valence-electron chi connectivity index (χ2n) is 1.77. The molecular formula is C6H15NO. The van der Waals surface area contributed by atoms with Gasteiger partial charge in [0.25, 0.3) is 0 Å². The Morgan fingerprint density at radius 1 is 1.38 bits per heavy atom. The average molecular weight is 117 g/mol. The first-order chi connectivity index (χ1) is 3.85. The summed E-state index contributed by atoms with van der Waals surface area (Å²) in [5.74, 6) is 0. The third-order valence-electron chi connectivity index (χ3n) is 1.24. The maximum absolute atomic E-state index is 5.16. The van der Waals surface area contributed by atoms with Crippen molar-refractivity contribution in [1.29, 1.82) is 0 Å². The predicted octanol–water partition coefficient (Wildman–Crippen LogP) is 1.11. The van der Waals surface area contributed by atoms with Crippen molar-refractivity contribution in [2.24, 2.45) is 5.73 Å². The lowest BCUT2D eigenvalue weighted by Gasteiger charge is -2.10. The Bertz CT molecular complexity index is 43.8. The number of hydrogen-bond donors (Lipinski definition) is 1. The number of nitrogens with two attached hydrogens (primary N) is 1. The zero-order chi connectivity index (χ0) is 6.41. The molecule has 0 bridgehead atoms. The van der Waals surface area contributed by atoms with E-state index in [1.807, 2.05) is 0 Å². The van der Waals surface area contributed by atoms with Gasteiger partial charge in [-0.2, -0.15) is 0 Å². The molecule has 2 nitrogen and oxygen atoms in total. The van der Waals surface area contributed by atoms with Gasteiger partial charge in [-0.25, -0.2) is 0 Å². The van der Waals surface area contributed by atoms with Crippen molar-refractivity contribution >= 4 is 0 Å². The van der Waals surface area contributed by atoms with Gasteiger partial charge in [0.2, 0.25) is 0 Å². The Morgan fingerprint density at radius 2 is 1.88 bits per heavy atom. The highest BCUT2D eigenvalue weighted by Crippen LogP contribution is 1.99. The molecule has 0 aromatic carbocycles. The molecule has 8 heavy (non-hydrogen) atoms. The largest absolute Gasteiger partial charge is 0.363 e. The minimum Gasteiger partial charge on any atom is -0.363 e. The van der Waals surface area contributed by atoms with Crippen LogP contribution in [-0.2, 0) is 4.74 Å². The zero-order valence-corrected chi connectivity index (χ0v) is 5.68. The maximum Gasteiger partial charge on any atom is 0.0944 e. The highest BCUT2D eigenvalue weighted by Gasteiger charge is 1.98. The highest BCUT2D eigenvalue weighted by molar-refractivity contribution is 4.48. The van der Waals surface area contributed by atoms with E-state index < -0.39 is 0 Å². The van der Waals surface area contributed by atoms with Crippen LogP contribution in [0.5, 0.6) is 0 Å². The molecule has 0 unspecified atom stereocenters. The molecule has 0 rings (SSSR count). The van der Waals surface area contributed by atoms with E-state index in [4.69, 9.17) is 10.5 Å². The first-order valence-electron chi connectivity index (χ1n) is 3.16. The lowest BCUT2D eigenvalue weighted by atomic mass is 10.2. The van der Waals surface area contributed by atoms with Crippen LogP contribution in [0.4, 0.5) is 0 Å². The van der Waals surface area contributed by atoms with E-state index in [0.29, 0.717) is 12.8 Å². The molecule has 0 aliphatic carbocycles. The van der Waals surface area contributed by atoms with Crippen molar-refractivity contribution in [1.82, 2.24) is 0 Å². The van der Waals surface area contributed by atoms with Crippen LogP contribution in [-0.4, -0.2) is 12.8 Å². The van der Waals surface area contributed by atoms with Gasteiger partial charge in [0.05, 0.1) is 12.8 Å². The van der Waals surface area contributed by atoms with E-state index in [1.165, 1.54) is 0 Å². The molecule has 0 saturated heterocycles. The molecule has 0 saturated carbocycles. The lowest BCUT2D eigenvalue weighted by molar-refractivity contribution is 0.0529. The van der Waals surface area contributed by atoms with Crippen LogP contribution in [0.1, 0.15) is 26.7 Å². The van der Waals surface area contributed by atoms with Gasteiger partial charge in [0.1, 0.15) is 0 Å². The molecule has 0 fully saturated rings. The second-order valence-corrected chi connectivity index (χ2v) is 1.77. The first-order valence-corrected chi connectivity index (χ1v) is 3.16. The van der Waals surface area contributed by atoms with Crippen molar-refractivity contribution in [2.45, 2.75) is 32.8 Å². The monoisotopic (exact) mass is 117 g/mol. The molecule has 2 heteroatoms. The highest BCUT2D eigenvalue weighted by atomic mass is 16.5. The minimum atomic E-state index is 0.354. The van der Waals surface area contributed by atoms with Gasteiger partial charge in [0, 0.05) is 0 Å². The first kappa shape index (κ1) is 7.92. The quantitative estimate of drug-likeness (QED) is 0.560. The lowest BCUT2D eigenvalue weighted by Crippen LogP contribution is -2.15. The van der Waals surface area contributed by atoms with Gasteiger partial charge < -0.3 is 10.5 Å². The van der Waals surface area contributed by atoms with Crippen LogP contribution in [0, 0.1) is 0 Å². The molecular weight excluding hydrogens is 102 g/mol. The Labute approximate surface area is 51.0 Å². The SMILES string of the molecule is CCC(CC)OCN. The fourth-order valence-corrected chi connectivity index (χ4v) is 0.660. The Kier molecular flexibility index (Phi) is 5.01. The van der Waals surface area contributed by atoms with Crippen molar-refractivity contribution in [3.8, 4) is 0 Å². The summed E-state index contributed by atoms with van der Waals surface area (Å²) >= 11 is 0. The summed E-state index contributed by atoms with van der Waals surface area (Å²) in [4.78, 5) is 0. The van der Waals surface area contributed by atoms with Gasteiger partial charge in [-0.05, 0) is 12.8 Å². The molecule has 0 aliphatic heterocycles. The zero-order valence-electron chi connectivity index (χ0n) is 5.68. The third kappa shape index (κ3) is 2.99. The smallest absolute Gasteiger partial charge is 0.0944 e.